The largest absolute Gasteiger partial charge is 0.392 e. The third kappa shape index (κ3) is 2.49. The number of aromatic nitrogens is 2. The summed E-state index contributed by atoms with van der Waals surface area (Å²) in [5, 5.41) is 14.6. The topological polar surface area (TPSA) is 95.1 Å². The minimum atomic E-state index is -3.88. The first-order chi connectivity index (χ1) is 8.53. The monoisotopic (exact) mass is 271 g/mol. The molecule has 0 fully saturated rings. The number of sulfonamides is 1. The fourth-order valence-corrected chi connectivity index (χ4v) is 2.55. The molecule has 96 valence electrons. The van der Waals surface area contributed by atoms with Gasteiger partial charge in [0.15, 0.2) is 5.03 Å². The van der Waals surface area contributed by atoms with Crippen molar-refractivity contribution in [1.82, 2.24) is 10.2 Å². The van der Waals surface area contributed by atoms with Crippen LogP contribution in [0.25, 0.3) is 0 Å². The van der Waals surface area contributed by atoms with Gasteiger partial charge in [0.05, 0.1) is 12.8 Å². The van der Waals surface area contributed by atoms with Crippen LogP contribution in [-0.4, -0.2) is 23.7 Å². The number of aromatic amines is 1. The standard InChI is InChI=1S/C10H10FN3O3S/c11-8-1-3-9(4-2-8)14-18(16,17)10-7(6-15)5-12-13-10/h1-5,14-15H,6H2,(H,12,13). The summed E-state index contributed by atoms with van der Waals surface area (Å²) in [6.45, 7) is -0.448. The molecule has 2 aromatic rings. The van der Waals surface area contributed by atoms with E-state index >= 15 is 0 Å². The van der Waals surface area contributed by atoms with Crippen LogP contribution in [0.5, 0.6) is 0 Å². The molecule has 8 heteroatoms. The molecule has 0 radical (unpaired) electrons. The van der Waals surface area contributed by atoms with Crippen molar-refractivity contribution in [2.45, 2.75) is 11.6 Å². The molecule has 0 bridgehead atoms. The Morgan fingerprint density at radius 2 is 2.00 bits per heavy atom. The van der Waals surface area contributed by atoms with Gasteiger partial charge >= 0.3 is 0 Å². The van der Waals surface area contributed by atoms with E-state index in [-0.39, 0.29) is 16.3 Å². The lowest BCUT2D eigenvalue weighted by atomic mass is 10.3. The van der Waals surface area contributed by atoms with Crippen molar-refractivity contribution in [1.29, 1.82) is 0 Å². The zero-order chi connectivity index (χ0) is 13.2. The average molecular weight is 271 g/mol. The van der Waals surface area contributed by atoms with Gasteiger partial charge in [-0.25, -0.2) is 4.39 Å². The van der Waals surface area contributed by atoms with Crippen molar-refractivity contribution in [3.8, 4) is 0 Å². The highest BCUT2D eigenvalue weighted by atomic mass is 32.2. The van der Waals surface area contributed by atoms with Crippen molar-refractivity contribution >= 4 is 15.7 Å². The summed E-state index contributed by atoms with van der Waals surface area (Å²) in [6, 6.07) is 4.86. The highest BCUT2D eigenvalue weighted by Crippen LogP contribution is 2.17. The number of rotatable bonds is 4. The number of nitrogens with zero attached hydrogens (tertiary/aromatic N) is 1. The molecule has 0 saturated carbocycles. The van der Waals surface area contributed by atoms with Gasteiger partial charge in [-0.05, 0) is 24.3 Å². The van der Waals surface area contributed by atoms with Crippen LogP contribution in [0.2, 0.25) is 0 Å². The van der Waals surface area contributed by atoms with Crippen LogP contribution in [0.4, 0.5) is 10.1 Å². The van der Waals surface area contributed by atoms with Gasteiger partial charge < -0.3 is 5.11 Å². The maximum atomic E-state index is 12.7. The fraction of sp³-hybridized carbons (Fsp3) is 0.100. The number of halogens is 1. The van der Waals surface area contributed by atoms with Crippen molar-refractivity contribution in [2.24, 2.45) is 0 Å². The minimum Gasteiger partial charge on any atom is -0.392 e. The molecule has 0 aliphatic heterocycles. The van der Waals surface area contributed by atoms with Gasteiger partial charge in [-0.3, -0.25) is 9.82 Å². The summed E-state index contributed by atoms with van der Waals surface area (Å²) in [4.78, 5) is 0. The van der Waals surface area contributed by atoms with Crippen molar-refractivity contribution in [3.63, 3.8) is 0 Å². The number of hydrogen-bond acceptors (Lipinski definition) is 4. The van der Waals surface area contributed by atoms with Gasteiger partial charge in [0.1, 0.15) is 5.82 Å². The van der Waals surface area contributed by atoms with Crippen LogP contribution < -0.4 is 4.72 Å². The summed E-state index contributed by atoms with van der Waals surface area (Å²) in [6.07, 6.45) is 1.22. The lowest BCUT2D eigenvalue weighted by Gasteiger charge is -2.07. The molecular weight excluding hydrogens is 261 g/mol. The van der Waals surface area contributed by atoms with Crippen molar-refractivity contribution < 1.29 is 17.9 Å². The smallest absolute Gasteiger partial charge is 0.279 e. The first-order valence-electron chi connectivity index (χ1n) is 4.94. The Morgan fingerprint density at radius 3 is 2.61 bits per heavy atom. The first kappa shape index (κ1) is 12.5. The van der Waals surface area contributed by atoms with E-state index in [1.807, 2.05) is 0 Å². The Kier molecular flexibility index (Phi) is 3.30. The SMILES string of the molecule is O=S(=O)(Nc1ccc(F)cc1)c1[nH]ncc1CO. The van der Waals surface area contributed by atoms with Crippen LogP contribution >= 0.6 is 0 Å². The second-order valence-electron chi connectivity index (χ2n) is 3.49. The highest BCUT2D eigenvalue weighted by Gasteiger charge is 2.20. The van der Waals surface area contributed by atoms with Gasteiger partial charge in [0, 0.05) is 11.3 Å². The molecular formula is C10H10FN3O3S. The zero-order valence-electron chi connectivity index (χ0n) is 9.09. The Labute approximate surface area is 103 Å². The first-order valence-corrected chi connectivity index (χ1v) is 6.43. The normalized spacial score (nSPS) is 11.4. The summed E-state index contributed by atoms with van der Waals surface area (Å²) >= 11 is 0. The lowest BCUT2D eigenvalue weighted by molar-refractivity contribution is 0.278. The highest BCUT2D eigenvalue weighted by molar-refractivity contribution is 7.92. The summed E-state index contributed by atoms with van der Waals surface area (Å²) in [7, 11) is -3.88. The number of aliphatic hydroxyl groups is 1. The maximum Gasteiger partial charge on any atom is 0.279 e. The van der Waals surface area contributed by atoms with Gasteiger partial charge in [0.25, 0.3) is 10.0 Å². The van der Waals surface area contributed by atoms with E-state index in [4.69, 9.17) is 5.11 Å². The van der Waals surface area contributed by atoms with Crippen molar-refractivity contribution in [2.75, 3.05) is 4.72 Å². The molecule has 3 N–H and O–H groups in total. The number of benzene rings is 1. The number of anilines is 1. The van der Waals surface area contributed by atoms with Gasteiger partial charge in [-0.15, -0.1) is 0 Å². The van der Waals surface area contributed by atoms with Crippen LogP contribution in [0, 0.1) is 5.82 Å². The van der Waals surface area contributed by atoms with Crippen LogP contribution in [0.15, 0.2) is 35.5 Å². The van der Waals surface area contributed by atoms with Gasteiger partial charge in [0.2, 0.25) is 0 Å². The van der Waals surface area contributed by atoms with E-state index in [0.717, 1.165) is 12.1 Å². The number of aliphatic hydroxyl groups excluding tert-OH is 1. The van der Waals surface area contributed by atoms with Crippen LogP contribution in [0.1, 0.15) is 5.56 Å². The molecule has 0 amide bonds. The fourth-order valence-electron chi connectivity index (χ4n) is 1.37. The van der Waals surface area contributed by atoms with Gasteiger partial charge in [-0.1, -0.05) is 0 Å². The number of nitrogens with one attached hydrogen (secondary N) is 2. The number of H-pyrrole nitrogens is 1. The summed E-state index contributed by atoms with van der Waals surface area (Å²) in [5.41, 5.74) is 0.375. The molecule has 1 heterocycles. The Morgan fingerprint density at radius 1 is 1.33 bits per heavy atom. The third-order valence-electron chi connectivity index (χ3n) is 2.21. The lowest BCUT2D eigenvalue weighted by Crippen LogP contribution is -2.15. The Hall–Kier alpha value is -1.93. The molecule has 0 aliphatic carbocycles. The predicted octanol–water partition coefficient (Wildman–Crippen LogP) is 0.842. The maximum absolute atomic E-state index is 12.7. The molecule has 6 nitrogen and oxygen atoms in total. The molecule has 2 rings (SSSR count). The van der Waals surface area contributed by atoms with Crippen molar-refractivity contribution in [3.05, 3.63) is 41.8 Å². The minimum absolute atomic E-state index is 0.157. The zero-order valence-corrected chi connectivity index (χ0v) is 9.91. The Bertz CT molecular complexity index is 637. The third-order valence-corrected chi connectivity index (χ3v) is 3.61. The second kappa shape index (κ2) is 4.75. The molecule has 0 aliphatic rings. The van der Waals surface area contributed by atoms with E-state index in [2.05, 4.69) is 14.9 Å². The van der Waals surface area contributed by atoms with Crippen LogP contribution in [0.3, 0.4) is 0 Å². The van der Waals surface area contributed by atoms with E-state index in [1.165, 1.54) is 18.3 Å². The summed E-state index contributed by atoms with van der Waals surface area (Å²) < 4.78 is 38.8. The second-order valence-corrected chi connectivity index (χ2v) is 5.11. The number of hydrogen-bond donors (Lipinski definition) is 3. The van der Waals surface area contributed by atoms with Gasteiger partial charge in [-0.2, -0.15) is 13.5 Å². The van der Waals surface area contributed by atoms with E-state index < -0.39 is 22.4 Å². The molecule has 1 aromatic heterocycles. The molecule has 18 heavy (non-hydrogen) atoms. The molecule has 0 spiro atoms. The van der Waals surface area contributed by atoms with E-state index in [9.17, 15) is 12.8 Å². The molecule has 1 aromatic carbocycles. The quantitative estimate of drug-likeness (QED) is 0.768. The summed E-state index contributed by atoms with van der Waals surface area (Å²) in [5.74, 6) is -0.462. The van der Waals surface area contributed by atoms with E-state index in [1.54, 1.807) is 0 Å². The predicted molar refractivity (Wildman–Crippen MR) is 61.7 cm³/mol. The average Bonchev–Trinajstić information content (AvgIpc) is 2.81. The molecule has 0 saturated heterocycles. The molecule has 0 atom stereocenters. The molecule has 0 unspecified atom stereocenters. The van der Waals surface area contributed by atoms with E-state index in [0.29, 0.717) is 0 Å². The Balaban J connectivity index is 2.30. The van der Waals surface area contributed by atoms with Crippen LogP contribution in [-0.2, 0) is 16.6 Å².